The van der Waals surface area contributed by atoms with E-state index in [9.17, 15) is 14.4 Å². The Morgan fingerprint density at radius 1 is 0.931 bits per heavy atom. The maximum atomic E-state index is 12.5. The molecule has 0 unspecified atom stereocenters. The van der Waals surface area contributed by atoms with Gasteiger partial charge in [-0.05, 0) is 54.8 Å². The monoisotopic (exact) mass is 413 g/mol. The number of carbonyl (C=O) groups is 3. The van der Waals surface area contributed by atoms with Crippen molar-refractivity contribution in [3.8, 4) is 0 Å². The van der Waals surface area contributed by atoms with Crippen molar-refractivity contribution in [2.75, 3.05) is 19.6 Å². The van der Waals surface area contributed by atoms with E-state index in [0.717, 1.165) is 31.5 Å². The van der Waals surface area contributed by atoms with Gasteiger partial charge in [-0.1, -0.05) is 23.7 Å². The molecule has 1 heterocycles. The number of nitrogens with one attached hydrogen (secondary N) is 2. The smallest absolute Gasteiger partial charge is 0.253 e. The summed E-state index contributed by atoms with van der Waals surface area (Å²) in [6, 6.07) is 13.9. The van der Waals surface area contributed by atoms with Crippen LogP contribution in [0, 0.1) is 0 Å². The van der Waals surface area contributed by atoms with Crippen LogP contribution < -0.4 is 10.6 Å². The summed E-state index contributed by atoms with van der Waals surface area (Å²) in [7, 11) is 0. The van der Waals surface area contributed by atoms with Crippen LogP contribution in [0.5, 0.6) is 0 Å². The maximum absolute atomic E-state index is 12.5. The molecule has 2 N–H and O–H groups in total. The van der Waals surface area contributed by atoms with E-state index in [1.807, 2.05) is 23.1 Å². The van der Waals surface area contributed by atoms with E-state index in [0.29, 0.717) is 22.7 Å². The fraction of sp³-hybridized carbons (Fsp3) is 0.318. The van der Waals surface area contributed by atoms with Crippen LogP contribution in [0.15, 0.2) is 48.5 Å². The van der Waals surface area contributed by atoms with Crippen molar-refractivity contribution in [2.45, 2.75) is 25.8 Å². The third kappa shape index (κ3) is 6.06. The summed E-state index contributed by atoms with van der Waals surface area (Å²) < 4.78 is 0. The van der Waals surface area contributed by atoms with Crippen molar-refractivity contribution in [3.63, 3.8) is 0 Å². The summed E-state index contributed by atoms with van der Waals surface area (Å²) in [5, 5.41) is 6.09. The fourth-order valence-corrected chi connectivity index (χ4v) is 3.33. The van der Waals surface area contributed by atoms with Crippen molar-refractivity contribution in [3.05, 3.63) is 70.2 Å². The van der Waals surface area contributed by atoms with Crippen molar-refractivity contribution in [2.24, 2.45) is 0 Å². The molecule has 6 nitrogen and oxygen atoms in total. The molecule has 0 bridgehead atoms. The summed E-state index contributed by atoms with van der Waals surface area (Å²) in [5.74, 6) is -0.374. The standard InChI is InChI=1S/C22H24ClN3O3/c23-19-8-6-17(7-9-19)21(28)24-11-10-20(27)25-15-16-4-3-5-18(14-16)22(29)26-12-1-2-13-26/h3-9,14H,1-2,10-13,15H2,(H,24,28)(H,25,27). The molecule has 1 aliphatic heterocycles. The highest BCUT2D eigenvalue weighted by atomic mass is 35.5. The second-order valence-electron chi connectivity index (χ2n) is 6.99. The van der Waals surface area contributed by atoms with Crippen LogP contribution in [0.4, 0.5) is 0 Å². The minimum atomic E-state index is -0.248. The second kappa shape index (κ2) is 10.1. The normalized spacial score (nSPS) is 13.2. The number of halogens is 1. The van der Waals surface area contributed by atoms with E-state index in [4.69, 9.17) is 11.6 Å². The Morgan fingerprint density at radius 3 is 2.38 bits per heavy atom. The quantitative estimate of drug-likeness (QED) is 0.732. The second-order valence-corrected chi connectivity index (χ2v) is 7.43. The molecule has 3 rings (SSSR count). The highest BCUT2D eigenvalue weighted by Crippen LogP contribution is 2.14. The van der Waals surface area contributed by atoms with Crippen LogP contribution in [0.1, 0.15) is 45.5 Å². The number of amides is 3. The zero-order chi connectivity index (χ0) is 20.6. The van der Waals surface area contributed by atoms with Gasteiger partial charge in [0.1, 0.15) is 0 Å². The lowest BCUT2D eigenvalue weighted by Gasteiger charge is -2.15. The van der Waals surface area contributed by atoms with E-state index in [2.05, 4.69) is 10.6 Å². The molecule has 1 fully saturated rings. The van der Waals surface area contributed by atoms with Gasteiger partial charge in [0.2, 0.25) is 5.91 Å². The molecule has 0 aromatic heterocycles. The van der Waals surface area contributed by atoms with Crippen LogP contribution in [0.2, 0.25) is 5.02 Å². The Hall–Kier alpha value is -2.86. The minimum absolute atomic E-state index is 0.0422. The van der Waals surface area contributed by atoms with E-state index < -0.39 is 0 Å². The van der Waals surface area contributed by atoms with Gasteiger partial charge in [0.05, 0.1) is 0 Å². The van der Waals surface area contributed by atoms with E-state index >= 15 is 0 Å². The van der Waals surface area contributed by atoms with Crippen LogP contribution >= 0.6 is 11.6 Å². The molecule has 1 saturated heterocycles. The SMILES string of the molecule is O=C(CCNC(=O)c1ccc(Cl)cc1)NCc1cccc(C(=O)N2CCCC2)c1. The van der Waals surface area contributed by atoms with Crippen molar-refractivity contribution in [1.29, 1.82) is 0 Å². The molecule has 0 saturated carbocycles. The van der Waals surface area contributed by atoms with Crippen molar-refractivity contribution in [1.82, 2.24) is 15.5 Å². The molecule has 152 valence electrons. The van der Waals surface area contributed by atoms with E-state index in [-0.39, 0.29) is 30.7 Å². The molecule has 0 atom stereocenters. The predicted octanol–water partition coefficient (Wildman–Crippen LogP) is 3.01. The summed E-state index contributed by atoms with van der Waals surface area (Å²) in [4.78, 5) is 38.4. The number of nitrogens with zero attached hydrogens (tertiary/aromatic N) is 1. The first-order chi connectivity index (χ1) is 14.0. The first-order valence-electron chi connectivity index (χ1n) is 9.71. The van der Waals surface area contributed by atoms with Gasteiger partial charge in [0.25, 0.3) is 11.8 Å². The lowest BCUT2D eigenvalue weighted by atomic mass is 10.1. The zero-order valence-corrected chi connectivity index (χ0v) is 16.9. The minimum Gasteiger partial charge on any atom is -0.352 e. The maximum Gasteiger partial charge on any atom is 0.253 e. The van der Waals surface area contributed by atoms with Gasteiger partial charge >= 0.3 is 0 Å². The van der Waals surface area contributed by atoms with E-state index in [1.165, 1.54) is 0 Å². The number of hydrogen-bond donors (Lipinski definition) is 2. The third-order valence-corrected chi connectivity index (χ3v) is 5.05. The Balaban J connectivity index is 1.42. The summed E-state index contributed by atoms with van der Waals surface area (Å²) in [6.07, 6.45) is 2.28. The van der Waals surface area contributed by atoms with Gasteiger partial charge in [0, 0.05) is 48.7 Å². The Labute approximate surface area is 175 Å². The summed E-state index contributed by atoms with van der Waals surface area (Å²) >= 11 is 5.80. The molecule has 1 aliphatic rings. The molecular weight excluding hydrogens is 390 g/mol. The predicted molar refractivity (Wildman–Crippen MR) is 112 cm³/mol. The Kier molecular flexibility index (Phi) is 7.25. The molecule has 0 radical (unpaired) electrons. The average molecular weight is 414 g/mol. The molecule has 0 aliphatic carbocycles. The molecule has 3 amide bonds. The number of hydrogen-bond acceptors (Lipinski definition) is 3. The molecule has 2 aromatic carbocycles. The molecule has 29 heavy (non-hydrogen) atoms. The first-order valence-corrected chi connectivity index (χ1v) is 10.1. The van der Waals surface area contributed by atoms with Gasteiger partial charge in [0.15, 0.2) is 0 Å². The Bertz CT molecular complexity index is 877. The highest BCUT2D eigenvalue weighted by Gasteiger charge is 2.19. The summed E-state index contributed by atoms with van der Waals surface area (Å²) in [5.41, 5.74) is 2.01. The lowest BCUT2D eigenvalue weighted by Crippen LogP contribution is -2.30. The number of benzene rings is 2. The van der Waals surface area contributed by atoms with Crippen LogP contribution in [-0.4, -0.2) is 42.3 Å². The van der Waals surface area contributed by atoms with Crippen molar-refractivity contribution < 1.29 is 14.4 Å². The first kappa shape index (κ1) is 20.9. The number of carbonyl (C=O) groups excluding carboxylic acids is 3. The average Bonchev–Trinajstić information content (AvgIpc) is 3.27. The van der Waals surface area contributed by atoms with Crippen LogP contribution in [0.25, 0.3) is 0 Å². The zero-order valence-electron chi connectivity index (χ0n) is 16.1. The topological polar surface area (TPSA) is 78.5 Å². The number of likely N-dealkylation sites (tertiary alicyclic amines) is 1. The highest BCUT2D eigenvalue weighted by molar-refractivity contribution is 6.30. The molecular formula is C22H24ClN3O3. The van der Waals surface area contributed by atoms with Gasteiger partial charge in [-0.3, -0.25) is 14.4 Å². The van der Waals surface area contributed by atoms with Crippen LogP contribution in [0.3, 0.4) is 0 Å². The summed E-state index contributed by atoms with van der Waals surface area (Å²) in [6.45, 7) is 2.19. The molecule has 0 spiro atoms. The molecule has 2 aromatic rings. The fourth-order valence-electron chi connectivity index (χ4n) is 3.20. The largest absolute Gasteiger partial charge is 0.352 e. The van der Waals surface area contributed by atoms with Gasteiger partial charge in [-0.2, -0.15) is 0 Å². The van der Waals surface area contributed by atoms with Crippen LogP contribution in [-0.2, 0) is 11.3 Å². The Morgan fingerprint density at radius 2 is 1.66 bits per heavy atom. The number of rotatable bonds is 7. The molecule has 7 heteroatoms. The van der Waals surface area contributed by atoms with Gasteiger partial charge in [-0.25, -0.2) is 0 Å². The van der Waals surface area contributed by atoms with Gasteiger partial charge in [-0.15, -0.1) is 0 Å². The van der Waals surface area contributed by atoms with Gasteiger partial charge < -0.3 is 15.5 Å². The van der Waals surface area contributed by atoms with E-state index in [1.54, 1.807) is 30.3 Å². The lowest BCUT2D eigenvalue weighted by molar-refractivity contribution is -0.121. The van der Waals surface area contributed by atoms with Crippen molar-refractivity contribution >= 4 is 29.3 Å². The third-order valence-electron chi connectivity index (χ3n) is 4.80.